The quantitative estimate of drug-likeness (QED) is 0.360. The molecule has 0 aliphatic rings. The summed E-state index contributed by atoms with van der Waals surface area (Å²) >= 11 is 0. The van der Waals surface area contributed by atoms with Crippen molar-refractivity contribution in [2.24, 2.45) is 5.73 Å². The Morgan fingerprint density at radius 2 is 2.29 bits per heavy atom. The van der Waals surface area contributed by atoms with Crippen molar-refractivity contribution in [3.8, 4) is 0 Å². The van der Waals surface area contributed by atoms with Crippen molar-refractivity contribution in [1.29, 1.82) is 5.41 Å². The predicted molar refractivity (Wildman–Crippen MR) is 64.9 cm³/mol. The van der Waals surface area contributed by atoms with E-state index in [4.69, 9.17) is 16.2 Å². The van der Waals surface area contributed by atoms with Crippen LogP contribution >= 0.6 is 0 Å². The first kappa shape index (κ1) is 15.7. The number of allylic oxidation sites excluding steroid dienone is 1. The molecule has 0 aliphatic carbocycles. The Hall–Kier alpha value is -1.27. The molecule has 0 saturated carbocycles. The Labute approximate surface area is 100 Å². The van der Waals surface area contributed by atoms with Gasteiger partial charge in [0.1, 0.15) is 11.4 Å². The molecule has 0 heterocycles. The molecule has 0 amide bonds. The normalized spacial score (nSPS) is 15.4. The molecule has 98 valence electrons. The first-order valence-corrected chi connectivity index (χ1v) is 5.52. The number of carbonyl (C=O) groups is 1. The smallest absolute Gasteiger partial charge is 0.323 e. The molecule has 17 heavy (non-hydrogen) atoms. The predicted octanol–water partition coefficient (Wildman–Crippen LogP) is 1.05. The first-order valence-electron chi connectivity index (χ1n) is 5.52. The summed E-state index contributed by atoms with van der Waals surface area (Å²) in [4.78, 5) is 10.9. The van der Waals surface area contributed by atoms with Gasteiger partial charge in [0.15, 0.2) is 0 Å². The van der Waals surface area contributed by atoms with E-state index in [-0.39, 0.29) is 25.2 Å². The van der Waals surface area contributed by atoms with Gasteiger partial charge in [0.05, 0.1) is 0 Å². The zero-order valence-electron chi connectivity index (χ0n) is 10.0. The minimum absolute atomic E-state index is 0.0478. The average molecular weight is 245 g/mol. The lowest BCUT2D eigenvalue weighted by molar-refractivity contribution is -0.143. The molecule has 0 radical (unpaired) electrons. The first-order chi connectivity index (χ1) is 7.96. The topological polar surface area (TPSA) is 99.2 Å². The number of carboxylic acid groups (broad SMARTS) is 1. The number of aliphatic carboxylic acids is 1. The van der Waals surface area contributed by atoms with E-state index in [9.17, 15) is 9.18 Å². The molecule has 1 atom stereocenters. The zero-order valence-corrected chi connectivity index (χ0v) is 10.0. The van der Waals surface area contributed by atoms with Gasteiger partial charge in [0.25, 0.3) is 0 Å². The van der Waals surface area contributed by atoms with Gasteiger partial charge in [-0.15, -0.1) is 0 Å². The number of rotatable bonds is 9. The number of nitrogens with one attached hydrogen (secondary N) is 2. The average Bonchev–Trinajstić information content (AvgIpc) is 2.29. The molecule has 0 spiro atoms. The standard InChI is InChI=1S/C11H20FN3O2/c1-2-11(14,10(16)17)5-3-4-9(12)8-15-7-6-13/h4,6,13,15H,2-3,5,7-8,14H2,1H3,(H,16,17)/b9-4+,13-6?/t11-/m0/s1. The van der Waals surface area contributed by atoms with Crippen LogP contribution in [0.25, 0.3) is 0 Å². The third kappa shape index (κ3) is 6.13. The van der Waals surface area contributed by atoms with E-state index in [2.05, 4.69) is 5.32 Å². The molecule has 0 aromatic rings. The molecule has 0 unspecified atom stereocenters. The molecule has 0 rings (SSSR count). The number of hydrogen-bond acceptors (Lipinski definition) is 4. The Bertz CT molecular complexity index is 294. The van der Waals surface area contributed by atoms with Crippen molar-refractivity contribution in [2.45, 2.75) is 31.7 Å². The van der Waals surface area contributed by atoms with Crippen molar-refractivity contribution in [1.82, 2.24) is 5.32 Å². The second-order valence-electron chi connectivity index (χ2n) is 3.84. The summed E-state index contributed by atoms with van der Waals surface area (Å²) in [7, 11) is 0. The lowest BCUT2D eigenvalue weighted by atomic mass is 9.92. The highest BCUT2D eigenvalue weighted by atomic mass is 19.1. The van der Waals surface area contributed by atoms with E-state index in [1.54, 1.807) is 6.92 Å². The molecular weight excluding hydrogens is 225 g/mol. The van der Waals surface area contributed by atoms with Crippen molar-refractivity contribution in [3.63, 3.8) is 0 Å². The number of nitrogens with two attached hydrogens (primary N) is 1. The van der Waals surface area contributed by atoms with Crippen molar-refractivity contribution < 1.29 is 14.3 Å². The van der Waals surface area contributed by atoms with Crippen LogP contribution in [0.5, 0.6) is 0 Å². The van der Waals surface area contributed by atoms with Crippen molar-refractivity contribution in [3.05, 3.63) is 11.9 Å². The van der Waals surface area contributed by atoms with Gasteiger partial charge in [0, 0.05) is 19.3 Å². The molecule has 6 heteroatoms. The fraction of sp³-hybridized carbons (Fsp3) is 0.636. The molecule has 5 N–H and O–H groups in total. The van der Waals surface area contributed by atoms with Crippen LogP contribution in [0.1, 0.15) is 26.2 Å². The van der Waals surface area contributed by atoms with Crippen molar-refractivity contribution >= 4 is 12.2 Å². The van der Waals surface area contributed by atoms with Crippen LogP contribution in [-0.2, 0) is 4.79 Å². The van der Waals surface area contributed by atoms with Gasteiger partial charge in [-0.3, -0.25) is 4.79 Å². The largest absolute Gasteiger partial charge is 0.480 e. The Morgan fingerprint density at radius 3 is 2.76 bits per heavy atom. The Morgan fingerprint density at radius 1 is 1.65 bits per heavy atom. The fourth-order valence-electron chi connectivity index (χ4n) is 1.26. The van der Waals surface area contributed by atoms with Gasteiger partial charge in [-0.05, 0) is 19.3 Å². The van der Waals surface area contributed by atoms with E-state index >= 15 is 0 Å². The van der Waals surface area contributed by atoms with Crippen LogP contribution in [0.3, 0.4) is 0 Å². The van der Waals surface area contributed by atoms with E-state index in [1.165, 1.54) is 6.08 Å². The molecule has 0 bridgehead atoms. The maximum absolute atomic E-state index is 13.1. The summed E-state index contributed by atoms with van der Waals surface area (Å²) < 4.78 is 13.1. The number of carboxylic acids is 1. The highest BCUT2D eigenvalue weighted by Crippen LogP contribution is 2.15. The summed E-state index contributed by atoms with van der Waals surface area (Å²) in [6.45, 7) is 2.05. The van der Waals surface area contributed by atoms with Crippen LogP contribution in [0.4, 0.5) is 4.39 Å². The second-order valence-corrected chi connectivity index (χ2v) is 3.84. The Kier molecular flexibility index (Phi) is 7.32. The summed E-state index contributed by atoms with van der Waals surface area (Å²) in [6.07, 6.45) is 3.27. The van der Waals surface area contributed by atoms with E-state index in [0.717, 1.165) is 6.21 Å². The molecule has 0 fully saturated rings. The van der Waals surface area contributed by atoms with Crippen LogP contribution in [-0.4, -0.2) is 35.9 Å². The molecule has 0 aliphatic heterocycles. The monoisotopic (exact) mass is 245 g/mol. The summed E-state index contributed by atoms with van der Waals surface area (Å²) in [5.41, 5.74) is 4.37. The minimum atomic E-state index is -1.28. The number of hydrogen-bond donors (Lipinski definition) is 4. The van der Waals surface area contributed by atoms with Gasteiger partial charge >= 0.3 is 5.97 Å². The maximum Gasteiger partial charge on any atom is 0.323 e. The summed E-state index contributed by atoms with van der Waals surface area (Å²) in [5, 5.41) is 18.3. The lowest BCUT2D eigenvalue weighted by Gasteiger charge is -2.21. The summed E-state index contributed by atoms with van der Waals surface area (Å²) in [6, 6.07) is 0. The highest BCUT2D eigenvalue weighted by molar-refractivity contribution is 5.78. The fourth-order valence-corrected chi connectivity index (χ4v) is 1.26. The molecule has 0 saturated heterocycles. The third-order valence-corrected chi connectivity index (χ3v) is 2.55. The van der Waals surface area contributed by atoms with Gasteiger partial charge in [-0.2, -0.15) is 0 Å². The Balaban J connectivity index is 4.06. The molecule has 0 aromatic heterocycles. The lowest BCUT2D eigenvalue weighted by Crippen LogP contribution is -2.47. The number of halogens is 1. The van der Waals surface area contributed by atoms with Crippen molar-refractivity contribution in [2.75, 3.05) is 13.1 Å². The van der Waals surface area contributed by atoms with E-state index in [1.807, 2.05) is 0 Å². The second kappa shape index (κ2) is 7.92. The van der Waals surface area contributed by atoms with Gasteiger partial charge < -0.3 is 21.6 Å². The molecule has 0 aromatic carbocycles. The van der Waals surface area contributed by atoms with Crippen LogP contribution in [0.2, 0.25) is 0 Å². The molecular formula is C11H20FN3O2. The van der Waals surface area contributed by atoms with E-state index in [0.29, 0.717) is 13.0 Å². The zero-order chi connectivity index (χ0) is 13.3. The maximum atomic E-state index is 13.1. The van der Waals surface area contributed by atoms with Gasteiger partial charge in [-0.25, -0.2) is 4.39 Å². The van der Waals surface area contributed by atoms with Crippen LogP contribution < -0.4 is 11.1 Å². The van der Waals surface area contributed by atoms with E-state index < -0.39 is 11.5 Å². The minimum Gasteiger partial charge on any atom is -0.480 e. The highest BCUT2D eigenvalue weighted by Gasteiger charge is 2.30. The third-order valence-electron chi connectivity index (χ3n) is 2.55. The van der Waals surface area contributed by atoms with Crippen LogP contribution in [0.15, 0.2) is 11.9 Å². The molecule has 5 nitrogen and oxygen atoms in total. The summed E-state index contributed by atoms with van der Waals surface area (Å²) in [5.74, 6) is -1.42. The van der Waals surface area contributed by atoms with Crippen LogP contribution in [0, 0.1) is 5.41 Å². The van der Waals surface area contributed by atoms with Gasteiger partial charge in [-0.1, -0.05) is 13.0 Å². The van der Waals surface area contributed by atoms with Gasteiger partial charge in [0.2, 0.25) is 0 Å². The SMILES string of the molecule is CC[C@](N)(CC/C=C(/F)CNCC=N)C(=O)O.